The number of carbonyl (C=O) groups excluding carboxylic acids is 1. The number of aliphatic imine (C=N–C) groups is 1. The van der Waals surface area contributed by atoms with E-state index in [1.54, 1.807) is 24.7 Å². The Kier molecular flexibility index (Phi) is 6.16. The maximum absolute atomic E-state index is 11.7. The fourth-order valence-electron chi connectivity index (χ4n) is 1.81. The standard InChI is InChI=1S/C13H14N4O.C2H6/c1-9(3-5-14-2)17-12-8-15-7-11-10(12)4-6-16-13(11)18;1-2/h3,5,7-8,17H,1-2,4,6H2,(H,16,18);1-2H3/b5-3-;. The second kappa shape index (κ2) is 7.89. The van der Waals surface area contributed by atoms with E-state index >= 15 is 0 Å². The maximum Gasteiger partial charge on any atom is 0.253 e. The summed E-state index contributed by atoms with van der Waals surface area (Å²) in [6.45, 7) is 11.8. The van der Waals surface area contributed by atoms with Gasteiger partial charge in [-0.05, 0) is 24.8 Å². The number of amides is 1. The smallest absolute Gasteiger partial charge is 0.253 e. The molecule has 0 aromatic carbocycles. The number of rotatable bonds is 4. The largest absolute Gasteiger partial charge is 0.354 e. The predicted octanol–water partition coefficient (Wildman–Crippen LogP) is 2.53. The molecule has 1 aliphatic rings. The Morgan fingerprint density at radius 1 is 1.50 bits per heavy atom. The van der Waals surface area contributed by atoms with E-state index in [1.807, 2.05) is 13.8 Å². The molecular formula is C15H20N4O. The fourth-order valence-corrected chi connectivity index (χ4v) is 1.81. The first-order chi connectivity index (χ1) is 9.72. The van der Waals surface area contributed by atoms with Crippen LogP contribution in [0.15, 0.2) is 41.9 Å². The summed E-state index contributed by atoms with van der Waals surface area (Å²) in [6, 6.07) is 0. The minimum absolute atomic E-state index is 0.0821. The molecular weight excluding hydrogens is 252 g/mol. The molecule has 106 valence electrons. The third-order valence-corrected chi connectivity index (χ3v) is 2.64. The highest BCUT2D eigenvalue weighted by Crippen LogP contribution is 2.22. The number of hydrogen-bond acceptors (Lipinski definition) is 4. The van der Waals surface area contributed by atoms with Crippen molar-refractivity contribution in [3.05, 3.63) is 48.1 Å². The topological polar surface area (TPSA) is 66.4 Å². The van der Waals surface area contributed by atoms with Crippen LogP contribution in [0.3, 0.4) is 0 Å². The van der Waals surface area contributed by atoms with Crippen molar-refractivity contribution in [1.29, 1.82) is 0 Å². The van der Waals surface area contributed by atoms with Crippen LogP contribution in [0.5, 0.6) is 0 Å². The normalized spacial score (nSPS) is 12.8. The van der Waals surface area contributed by atoms with Crippen LogP contribution in [-0.2, 0) is 6.42 Å². The van der Waals surface area contributed by atoms with E-state index in [-0.39, 0.29) is 5.91 Å². The average molecular weight is 272 g/mol. The van der Waals surface area contributed by atoms with Gasteiger partial charge in [-0.3, -0.25) is 14.8 Å². The molecule has 0 bridgehead atoms. The summed E-state index contributed by atoms with van der Waals surface area (Å²) >= 11 is 0. The van der Waals surface area contributed by atoms with E-state index in [4.69, 9.17) is 0 Å². The Labute approximate surface area is 119 Å². The van der Waals surface area contributed by atoms with Crippen molar-refractivity contribution >= 4 is 18.3 Å². The molecule has 0 atom stereocenters. The van der Waals surface area contributed by atoms with Crippen molar-refractivity contribution < 1.29 is 4.79 Å². The molecule has 1 aromatic rings. The first-order valence-corrected chi connectivity index (χ1v) is 6.55. The molecule has 2 rings (SSSR count). The van der Waals surface area contributed by atoms with Crippen molar-refractivity contribution in [2.24, 2.45) is 4.99 Å². The zero-order valence-corrected chi connectivity index (χ0v) is 11.9. The predicted molar refractivity (Wildman–Crippen MR) is 83.1 cm³/mol. The van der Waals surface area contributed by atoms with Crippen LogP contribution < -0.4 is 10.6 Å². The van der Waals surface area contributed by atoms with Gasteiger partial charge in [-0.15, -0.1) is 0 Å². The average Bonchev–Trinajstić information content (AvgIpc) is 2.48. The molecule has 1 amide bonds. The zero-order chi connectivity index (χ0) is 15.0. The molecule has 1 aliphatic heterocycles. The van der Waals surface area contributed by atoms with Crippen LogP contribution in [0.2, 0.25) is 0 Å². The highest BCUT2D eigenvalue weighted by molar-refractivity contribution is 5.97. The van der Waals surface area contributed by atoms with E-state index in [0.29, 0.717) is 17.8 Å². The van der Waals surface area contributed by atoms with Gasteiger partial charge in [-0.25, -0.2) is 0 Å². The Balaban J connectivity index is 0.000000956. The van der Waals surface area contributed by atoms with Crippen molar-refractivity contribution in [1.82, 2.24) is 10.3 Å². The van der Waals surface area contributed by atoms with Crippen LogP contribution in [0.4, 0.5) is 5.69 Å². The van der Waals surface area contributed by atoms with Crippen LogP contribution >= 0.6 is 0 Å². The minimum atomic E-state index is -0.0821. The fraction of sp³-hybridized carbons (Fsp3) is 0.267. The molecule has 0 unspecified atom stereocenters. The van der Waals surface area contributed by atoms with Crippen molar-refractivity contribution in [3.63, 3.8) is 0 Å². The number of nitrogens with one attached hydrogen (secondary N) is 2. The molecule has 20 heavy (non-hydrogen) atoms. The van der Waals surface area contributed by atoms with Crippen LogP contribution in [0.25, 0.3) is 0 Å². The second-order valence-electron chi connectivity index (χ2n) is 3.87. The molecule has 0 radical (unpaired) electrons. The third kappa shape index (κ3) is 3.78. The molecule has 0 aliphatic carbocycles. The molecule has 0 fully saturated rings. The number of nitrogens with zero attached hydrogens (tertiary/aromatic N) is 2. The minimum Gasteiger partial charge on any atom is -0.354 e. The molecule has 5 heteroatoms. The number of allylic oxidation sites excluding steroid dienone is 1. The molecule has 0 saturated carbocycles. The van der Waals surface area contributed by atoms with Crippen molar-refractivity contribution in [2.75, 3.05) is 11.9 Å². The quantitative estimate of drug-likeness (QED) is 0.654. The van der Waals surface area contributed by atoms with E-state index in [2.05, 4.69) is 33.9 Å². The van der Waals surface area contributed by atoms with Gasteiger partial charge in [0.2, 0.25) is 0 Å². The third-order valence-electron chi connectivity index (χ3n) is 2.64. The molecule has 2 heterocycles. The second-order valence-corrected chi connectivity index (χ2v) is 3.87. The van der Waals surface area contributed by atoms with Gasteiger partial charge >= 0.3 is 0 Å². The maximum atomic E-state index is 11.7. The highest BCUT2D eigenvalue weighted by atomic mass is 16.1. The lowest BCUT2D eigenvalue weighted by Gasteiger charge is -2.19. The van der Waals surface area contributed by atoms with Gasteiger partial charge in [0, 0.05) is 24.6 Å². The van der Waals surface area contributed by atoms with Gasteiger partial charge in [0.1, 0.15) is 0 Å². The lowest BCUT2D eigenvalue weighted by Crippen LogP contribution is -2.32. The number of hydrogen-bond donors (Lipinski definition) is 2. The van der Waals surface area contributed by atoms with Crippen LogP contribution in [0.1, 0.15) is 29.8 Å². The monoisotopic (exact) mass is 272 g/mol. The van der Waals surface area contributed by atoms with Gasteiger partial charge in [0.15, 0.2) is 0 Å². The van der Waals surface area contributed by atoms with E-state index < -0.39 is 0 Å². The van der Waals surface area contributed by atoms with Gasteiger partial charge in [0.25, 0.3) is 5.91 Å². The Morgan fingerprint density at radius 3 is 2.95 bits per heavy atom. The molecule has 5 nitrogen and oxygen atoms in total. The summed E-state index contributed by atoms with van der Waals surface area (Å²) < 4.78 is 0. The van der Waals surface area contributed by atoms with Gasteiger partial charge < -0.3 is 10.6 Å². The number of fused-ring (bicyclic) bond motifs is 1. The molecule has 1 aromatic heterocycles. The lowest BCUT2D eigenvalue weighted by atomic mass is 10.0. The first kappa shape index (κ1) is 15.6. The summed E-state index contributed by atoms with van der Waals surface area (Å²) in [7, 11) is 0. The first-order valence-electron chi connectivity index (χ1n) is 6.55. The summed E-state index contributed by atoms with van der Waals surface area (Å²) in [6.07, 6.45) is 7.31. The number of aromatic nitrogens is 1. The Bertz CT molecular complexity index is 535. The van der Waals surface area contributed by atoms with Crippen LogP contribution in [0, 0.1) is 0 Å². The van der Waals surface area contributed by atoms with Gasteiger partial charge in [-0.1, -0.05) is 20.4 Å². The lowest BCUT2D eigenvalue weighted by molar-refractivity contribution is 0.0945. The molecule has 2 N–H and O–H groups in total. The molecule has 0 saturated heterocycles. The van der Waals surface area contributed by atoms with Crippen LogP contribution in [-0.4, -0.2) is 24.2 Å². The van der Waals surface area contributed by atoms with Crippen molar-refractivity contribution in [2.45, 2.75) is 20.3 Å². The number of pyridine rings is 1. The highest BCUT2D eigenvalue weighted by Gasteiger charge is 2.19. The van der Waals surface area contributed by atoms with Gasteiger partial charge in [0.05, 0.1) is 17.4 Å². The number of anilines is 1. The van der Waals surface area contributed by atoms with Gasteiger partial charge in [-0.2, -0.15) is 0 Å². The van der Waals surface area contributed by atoms with E-state index in [0.717, 1.165) is 17.7 Å². The summed E-state index contributed by atoms with van der Waals surface area (Å²) in [5.41, 5.74) is 3.06. The van der Waals surface area contributed by atoms with Crippen molar-refractivity contribution in [3.8, 4) is 0 Å². The Hall–Kier alpha value is -2.43. The summed E-state index contributed by atoms with van der Waals surface area (Å²) in [5, 5.41) is 5.90. The Morgan fingerprint density at radius 2 is 2.25 bits per heavy atom. The number of carbonyl (C=O) groups is 1. The van der Waals surface area contributed by atoms with E-state index in [9.17, 15) is 4.79 Å². The van der Waals surface area contributed by atoms with E-state index in [1.165, 1.54) is 0 Å². The molecule has 0 spiro atoms. The zero-order valence-electron chi connectivity index (χ0n) is 11.9. The SMILES string of the molecule is C=N/C=C\C(=C)Nc1cncc2c1CCNC2=O.CC. The summed E-state index contributed by atoms with van der Waals surface area (Å²) in [4.78, 5) is 19.3. The summed E-state index contributed by atoms with van der Waals surface area (Å²) in [5.74, 6) is -0.0821.